The molecule has 0 saturated heterocycles. The Morgan fingerprint density at radius 1 is 0.371 bits per heavy atom. The van der Waals surface area contributed by atoms with Gasteiger partial charge in [0, 0.05) is 0 Å². The molecule has 0 amide bonds. The highest BCUT2D eigenvalue weighted by atomic mass is 16.7. The Labute approximate surface area is 636 Å². The predicted molar refractivity (Wildman–Crippen MR) is 441 cm³/mol. The third-order valence-corrected chi connectivity index (χ3v) is 19.6. The summed E-state index contributed by atoms with van der Waals surface area (Å²) in [5, 5.41) is 27.0. The van der Waals surface area contributed by atoms with Gasteiger partial charge in [0.25, 0.3) is 0 Å². The van der Waals surface area contributed by atoms with E-state index in [-0.39, 0.29) is 30.1 Å². The number of aromatic hydroxyl groups is 3. The van der Waals surface area contributed by atoms with Crippen LogP contribution in [0.4, 0.5) is 0 Å². The molecule has 10 nitrogen and oxygen atoms in total. The fourth-order valence-electron chi connectivity index (χ4n) is 11.0. The molecule has 0 radical (unpaired) electrons. The summed E-state index contributed by atoms with van der Waals surface area (Å²) in [6.45, 7) is 41.5. The molecule has 3 N–H and O–H groups in total. The van der Waals surface area contributed by atoms with Crippen LogP contribution in [-0.4, -0.2) is 59.3 Å². The summed E-state index contributed by atoms with van der Waals surface area (Å²) in [6.07, 6.45) is 14.9. The lowest BCUT2D eigenvalue weighted by atomic mass is 9.84. The van der Waals surface area contributed by atoms with Gasteiger partial charge in [-0.25, -0.2) is 0 Å². The van der Waals surface area contributed by atoms with E-state index in [1.54, 1.807) is 36.4 Å². The molecule has 576 valence electrons. The van der Waals surface area contributed by atoms with Crippen LogP contribution in [0.3, 0.4) is 0 Å². The zero-order valence-electron chi connectivity index (χ0n) is 67.9. The standard InChI is InChI=1S/C26H36O3.C20H26O2.3C10H14O.C10H14.C9H18O2/c1-4-20(2)22-10-16-26(17-11-22)29-21(3)27-18-19-28-25-14-12-24(13-15-25)23-8-6-5-7-9-23;1-4-16(2)19-10-12-20(13-11-19)22-17(3)21-15-14-18-8-6-5-7-9-18;3*1-3-8(2)9-4-6-10(11)7-5-9;1-3-9(2)10-7-5-4-6-8-10;1-6-7(2)8(10)11-9(3,4)5/h10-17,20-21,23H,4-9,18-19H2,1-3H3;5-13,16-17H,4,14-15H2,1-3H3;3*4-8,11H,3H2,1-2H3;4-9H,3H2,1-2H3;7H,6H2,1-5H3. The Morgan fingerprint density at radius 3 is 1.02 bits per heavy atom. The number of phenols is 3. The van der Waals surface area contributed by atoms with Gasteiger partial charge in [0.1, 0.15) is 46.7 Å². The van der Waals surface area contributed by atoms with Gasteiger partial charge in [0.2, 0.25) is 0 Å². The van der Waals surface area contributed by atoms with Crippen LogP contribution >= 0.6 is 0 Å². The molecular formula is C95H136O10. The third-order valence-electron chi connectivity index (χ3n) is 19.6. The topological polar surface area (TPSA) is 133 Å². The number of esters is 1. The second kappa shape index (κ2) is 52.0. The Balaban J connectivity index is 0.000000334. The Bertz CT molecular complexity index is 3290. The van der Waals surface area contributed by atoms with E-state index in [1.807, 2.05) is 127 Å². The van der Waals surface area contributed by atoms with E-state index in [4.69, 9.17) is 43.7 Å². The van der Waals surface area contributed by atoms with Crippen molar-refractivity contribution in [2.24, 2.45) is 5.92 Å². The number of hydrogen-bond donors (Lipinski definition) is 3. The zero-order valence-corrected chi connectivity index (χ0v) is 67.9. The molecule has 8 aromatic carbocycles. The van der Waals surface area contributed by atoms with Gasteiger partial charge < -0.3 is 43.7 Å². The lowest BCUT2D eigenvalue weighted by Crippen LogP contribution is -2.27. The van der Waals surface area contributed by atoms with Crippen molar-refractivity contribution < 1.29 is 48.5 Å². The van der Waals surface area contributed by atoms with Crippen LogP contribution in [0.15, 0.2) is 206 Å². The van der Waals surface area contributed by atoms with Gasteiger partial charge in [-0.1, -0.05) is 250 Å². The van der Waals surface area contributed by atoms with Crippen LogP contribution in [0.25, 0.3) is 0 Å². The van der Waals surface area contributed by atoms with E-state index in [0.717, 1.165) is 68.1 Å². The van der Waals surface area contributed by atoms with E-state index in [1.165, 1.54) is 83.0 Å². The van der Waals surface area contributed by atoms with Gasteiger partial charge in [0.15, 0.2) is 12.6 Å². The molecule has 9 unspecified atom stereocenters. The monoisotopic (exact) mass is 1440 g/mol. The summed E-state index contributed by atoms with van der Waals surface area (Å²) < 4.78 is 34.1. The molecule has 1 saturated carbocycles. The first-order chi connectivity index (χ1) is 50.3. The van der Waals surface area contributed by atoms with Crippen molar-refractivity contribution in [2.45, 2.75) is 275 Å². The summed E-state index contributed by atoms with van der Waals surface area (Å²) >= 11 is 0. The maximum absolute atomic E-state index is 11.2. The molecule has 9 rings (SSSR count). The molecule has 0 bridgehead atoms. The molecule has 8 aromatic rings. The molecule has 0 heterocycles. The Kier molecular flexibility index (Phi) is 45.2. The highest BCUT2D eigenvalue weighted by Gasteiger charge is 2.20. The van der Waals surface area contributed by atoms with Crippen molar-refractivity contribution in [1.29, 1.82) is 0 Å². The summed E-state index contributed by atoms with van der Waals surface area (Å²) in [5.41, 5.74) is 10.4. The molecule has 9 atom stereocenters. The SMILES string of the molecule is CCC(C)C(=O)OC(C)(C)C.CCC(C)c1ccc(O)cc1.CCC(C)c1ccc(O)cc1.CCC(C)c1ccc(O)cc1.CCC(C)c1ccc(OC(C)OCCOc2ccc(C3CCCCC3)cc2)cc1.CCC(C)c1ccc(OC(C)OCCc2ccccc2)cc1.CCC(C)c1ccccc1. The first-order valence-electron chi connectivity index (χ1n) is 39.4. The van der Waals surface area contributed by atoms with E-state index in [9.17, 15) is 4.79 Å². The zero-order chi connectivity index (χ0) is 77.5. The number of hydrogen-bond acceptors (Lipinski definition) is 10. The van der Waals surface area contributed by atoms with Crippen LogP contribution in [0.1, 0.15) is 295 Å². The molecule has 1 aliphatic rings. The van der Waals surface area contributed by atoms with Crippen molar-refractivity contribution in [3.05, 3.63) is 251 Å². The molecule has 0 spiro atoms. The number of phenolic OH excluding ortho intramolecular Hbond substituents is 3. The van der Waals surface area contributed by atoms with Crippen molar-refractivity contribution in [2.75, 3.05) is 19.8 Å². The summed E-state index contributed by atoms with van der Waals surface area (Å²) in [7, 11) is 0. The van der Waals surface area contributed by atoms with Gasteiger partial charge >= 0.3 is 5.97 Å². The highest BCUT2D eigenvalue weighted by molar-refractivity contribution is 5.72. The van der Waals surface area contributed by atoms with Crippen LogP contribution in [0, 0.1) is 5.92 Å². The number of carbonyl (C=O) groups excluding carboxylic acids is 1. The smallest absolute Gasteiger partial charge is 0.309 e. The number of ether oxygens (including phenoxy) is 6. The van der Waals surface area contributed by atoms with Gasteiger partial charge in [-0.15, -0.1) is 0 Å². The average molecular weight is 1440 g/mol. The third kappa shape index (κ3) is 38.7. The van der Waals surface area contributed by atoms with Crippen LogP contribution in [0.2, 0.25) is 0 Å². The van der Waals surface area contributed by atoms with Crippen LogP contribution in [0.5, 0.6) is 34.5 Å². The van der Waals surface area contributed by atoms with Gasteiger partial charge in [-0.05, 0) is 258 Å². The van der Waals surface area contributed by atoms with Crippen LogP contribution < -0.4 is 14.2 Å². The highest BCUT2D eigenvalue weighted by Crippen LogP contribution is 2.34. The molecule has 10 heteroatoms. The predicted octanol–water partition coefficient (Wildman–Crippen LogP) is 26.5. The van der Waals surface area contributed by atoms with Gasteiger partial charge in [-0.2, -0.15) is 0 Å². The minimum absolute atomic E-state index is 0.0224. The molecular weight excluding hydrogens is 1300 g/mol. The second-order valence-corrected chi connectivity index (χ2v) is 29.1. The fraction of sp³-hybridized carbons (Fsp3) is 0.484. The van der Waals surface area contributed by atoms with E-state index < -0.39 is 0 Å². The number of rotatable bonds is 28. The maximum Gasteiger partial charge on any atom is 0.309 e. The average Bonchev–Trinajstić information content (AvgIpc) is 1.06. The molecule has 0 aliphatic heterocycles. The van der Waals surface area contributed by atoms with Crippen molar-refractivity contribution in [3.8, 4) is 34.5 Å². The Hall–Kier alpha value is -8.05. The first-order valence-corrected chi connectivity index (χ1v) is 39.4. The molecule has 1 aliphatic carbocycles. The lowest BCUT2D eigenvalue weighted by molar-refractivity contribution is -0.159. The lowest BCUT2D eigenvalue weighted by Gasteiger charge is -2.22. The minimum Gasteiger partial charge on any atom is -0.508 e. The minimum atomic E-state index is -0.347. The Morgan fingerprint density at radius 2 is 0.686 bits per heavy atom. The maximum atomic E-state index is 11.2. The number of carbonyl (C=O) groups is 1. The second-order valence-electron chi connectivity index (χ2n) is 29.1. The summed E-state index contributed by atoms with van der Waals surface area (Å²) in [4.78, 5) is 11.2. The van der Waals surface area contributed by atoms with Gasteiger partial charge in [0.05, 0.1) is 19.1 Å². The quantitative estimate of drug-likeness (QED) is 0.0247. The molecule has 0 aromatic heterocycles. The van der Waals surface area contributed by atoms with E-state index >= 15 is 0 Å². The van der Waals surface area contributed by atoms with Crippen molar-refractivity contribution in [3.63, 3.8) is 0 Å². The number of benzene rings is 8. The largest absolute Gasteiger partial charge is 0.508 e. The summed E-state index contributed by atoms with van der Waals surface area (Å²) in [5.74, 6) is 7.95. The molecule has 1 fully saturated rings. The first kappa shape index (κ1) is 91.2. The van der Waals surface area contributed by atoms with Crippen molar-refractivity contribution >= 4 is 5.97 Å². The van der Waals surface area contributed by atoms with E-state index in [0.29, 0.717) is 72.6 Å². The van der Waals surface area contributed by atoms with Crippen molar-refractivity contribution in [1.82, 2.24) is 0 Å². The molecule has 105 heavy (non-hydrogen) atoms. The summed E-state index contributed by atoms with van der Waals surface area (Å²) in [6, 6.07) is 68.5. The van der Waals surface area contributed by atoms with Gasteiger partial charge in [-0.3, -0.25) is 4.79 Å². The fourth-order valence-corrected chi connectivity index (χ4v) is 11.0. The van der Waals surface area contributed by atoms with Crippen LogP contribution in [-0.2, 0) is 25.4 Å². The normalized spacial score (nSPS) is 14.3. The van der Waals surface area contributed by atoms with E-state index in [2.05, 4.69) is 174 Å².